The first kappa shape index (κ1) is 25.3. The van der Waals surface area contributed by atoms with Crippen LogP contribution in [0.3, 0.4) is 0 Å². The third kappa shape index (κ3) is 4.92. The molecule has 6 rings (SSSR count). The third-order valence-electron chi connectivity index (χ3n) is 8.70. The second kappa shape index (κ2) is 9.82. The standard InChI is InChI=1S/C29H36O6S/c1-19-7-9-25(10-8-19)36(31,32)35-26(15-20-5-4-6-24(14-20)33-2)27(28(30)34-3)29-16-21-11-22(17-29)13-23(12-21)18-29/h4-10,14,21-23,26-27H,11-13,15-18H2,1-3H3. The van der Waals surface area contributed by atoms with E-state index in [1.807, 2.05) is 31.2 Å². The molecule has 0 saturated heterocycles. The molecular weight excluding hydrogens is 476 g/mol. The van der Waals surface area contributed by atoms with Gasteiger partial charge in [-0.15, -0.1) is 0 Å². The van der Waals surface area contributed by atoms with Crippen LogP contribution in [0, 0.1) is 36.0 Å². The van der Waals surface area contributed by atoms with E-state index in [0.717, 1.165) is 30.4 Å². The van der Waals surface area contributed by atoms with Gasteiger partial charge in [-0.25, -0.2) is 0 Å². The van der Waals surface area contributed by atoms with Crippen molar-refractivity contribution in [2.75, 3.05) is 14.2 Å². The largest absolute Gasteiger partial charge is 0.497 e. The lowest BCUT2D eigenvalue weighted by atomic mass is 9.46. The fraction of sp³-hybridized carbons (Fsp3) is 0.552. The van der Waals surface area contributed by atoms with Gasteiger partial charge < -0.3 is 9.47 Å². The first-order valence-electron chi connectivity index (χ1n) is 12.9. The van der Waals surface area contributed by atoms with E-state index < -0.39 is 22.1 Å². The normalized spacial score (nSPS) is 28.5. The quantitative estimate of drug-likeness (QED) is 0.334. The summed E-state index contributed by atoms with van der Waals surface area (Å²) in [6.07, 6.45) is 5.84. The van der Waals surface area contributed by atoms with Crippen LogP contribution in [-0.4, -0.2) is 34.7 Å². The van der Waals surface area contributed by atoms with Gasteiger partial charge >= 0.3 is 5.97 Å². The van der Waals surface area contributed by atoms with Crippen molar-refractivity contribution < 1.29 is 26.9 Å². The average molecular weight is 513 g/mol. The van der Waals surface area contributed by atoms with Crippen molar-refractivity contribution in [1.82, 2.24) is 0 Å². The van der Waals surface area contributed by atoms with Gasteiger partial charge in [0.2, 0.25) is 0 Å². The van der Waals surface area contributed by atoms with Crippen LogP contribution in [0.2, 0.25) is 0 Å². The van der Waals surface area contributed by atoms with Crippen molar-refractivity contribution in [2.45, 2.75) is 62.9 Å². The minimum Gasteiger partial charge on any atom is -0.497 e. The number of carbonyl (C=O) groups is 1. The van der Waals surface area contributed by atoms with Crippen molar-refractivity contribution in [1.29, 1.82) is 0 Å². The molecule has 0 heterocycles. The number of aryl methyl sites for hydroxylation is 1. The van der Waals surface area contributed by atoms with Gasteiger partial charge in [0.05, 0.1) is 31.1 Å². The van der Waals surface area contributed by atoms with Crippen LogP contribution in [0.5, 0.6) is 5.75 Å². The Bertz CT molecular complexity index is 1170. The highest BCUT2D eigenvalue weighted by atomic mass is 32.2. The second-order valence-electron chi connectivity index (χ2n) is 11.2. The summed E-state index contributed by atoms with van der Waals surface area (Å²) in [7, 11) is -1.11. The Morgan fingerprint density at radius 3 is 2.14 bits per heavy atom. The molecule has 4 saturated carbocycles. The minimum atomic E-state index is -4.11. The Morgan fingerprint density at radius 2 is 1.58 bits per heavy atom. The van der Waals surface area contributed by atoms with Gasteiger partial charge in [0, 0.05) is 6.42 Å². The van der Waals surface area contributed by atoms with E-state index in [1.54, 1.807) is 31.4 Å². The molecule has 2 atom stereocenters. The van der Waals surface area contributed by atoms with E-state index in [0.29, 0.717) is 23.5 Å². The Hall–Kier alpha value is -2.38. The van der Waals surface area contributed by atoms with Crippen molar-refractivity contribution in [3.05, 3.63) is 59.7 Å². The Kier molecular flexibility index (Phi) is 6.90. The summed E-state index contributed by atoms with van der Waals surface area (Å²) in [5.74, 6) is 1.42. The maximum atomic E-state index is 13.5. The molecule has 4 aliphatic rings. The molecule has 2 aromatic rings. The number of carbonyl (C=O) groups excluding carboxylic acids is 1. The molecule has 2 aromatic carbocycles. The number of methoxy groups -OCH3 is 2. The molecule has 194 valence electrons. The lowest BCUT2D eigenvalue weighted by Gasteiger charge is -2.59. The zero-order valence-corrected chi connectivity index (χ0v) is 22.1. The van der Waals surface area contributed by atoms with Gasteiger partial charge in [-0.05, 0) is 98.4 Å². The van der Waals surface area contributed by atoms with Crippen LogP contribution in [0.15, 0.2) is 53.4 Å². The van der Waals surface area contributed by atoms with E-state index in [2.05, 4.69) is 0 Å². The van der Waals surface area contributed by atoms with Gasteiger partial charge in [0.15, 0.2) is 0 Å². The van der Waals surface area contributed by atoms with Crippen LogP contribution in [0.4, 0.5) is 0 Å². The van der Waals surface area contributed by atoms with E-state index in [-0.39, 0.29) is 22.7 Å². The fourth-order valence-corrected chi connectivity index (χ4v) is 8.73. The number of hydrogen-bond acceptors (Lipinski definition) is 6. The second-order valence-corrected chi connectivity index (χ2v) is 12.8. The van der Waals surface area contributed by atoms with E-state index in [4.69, 9.17) is 13.7 Å². The maximum absolute atomic E-state index is 13.5. The number of benzene rings is 2. The molecule has 0 aliphatic heterocycles. The summed E-state index contributed by atoms with van der Waals surface area (Å²) < 4.78 is 43.8. The molecule has 4 fully saturated rings. The van der Waals surface area contributed by atoms with Gasteiger partial charge in [-0.3, -0.25) is 8.98 Å². The predicted molar refractivity (Wildman–Crippen MR) is 136 cm³/mol. The zero-order chi connectivity index (χ0) is 25.5. The molecule has 0 radical (unpaired) electrons. The lowest BCUT2D eigenvalue weighted by Crippen LogP contribution is -2.55. The SMILES string of the molecule is COC(=O)C(C(Cc1cccc(OC)c1)OS(=O)(=O)c1ccc(C)cc1)C12CC3CC(CC(C3)C1)C2. The van der Waals surface area contributed by atoms with Crippen LogP contribution >= 0.6 is 0 Å². The molecule has 6 nitrogen and oxygen atoms in total. The number of ether oxygens (including phenoxy) is 2. The Morgan fingerprint density at radius 1 is 0.972 bits per heavy atom. The maximum Gasteiger partial charge on any atom is 0.311 e. The first-order chi connectivity index (χ1) is 17.2. The molecule has 36 heavy (non-hydrogen) atoms. The highest BCUT2D eigenvalue weighted by molar-refractivity contribution is 7.86. The molecule has 0 spiro atoms. The van der Waals surface area contributed by atoms with Crippen molar-refractivity contribution >= 4 is 16.1 Å². The van der Waals surface area contributed by atoms with Gasteiger partial charge in [0.25, 0.3) is 10.1 Å². The number of hydrogen-bond donors (Lipinski definition) is 0. The van der Waals surface area contributed by atoms with Crippen LogP contribution < -0.4 is 4.74 Å². The summed E-state index contributed by atoms with van der Waals surface area (Å²) in [5, 5.41) is 0. The van der Waals surface area contributed by atoms with Crippen molar-refractivity contribution in [3.8, 4) is 5.75 Å². The summed E-state index contributed by atoms with van der Waals surface area (Å²) in [6.45, 7) is 1.91. The summed E-state index contributed by atoms with van der Waals surface area (Å²) >= 11 is 0. The molecular formula is C29H36O6S. The lowest BCUT2D eigenvalue weighted by molar-refractivity contribution is -0.169. The summed E-state index contributed by atoms with van der Waals surface area (Å²) in [6, 6.07) is 14.1. The number of rotatable bonds is 9. The minimum absolute atomic E-state index is 0.0953. The summed E-state index contributed by atoms with van der Waals surface area (Å²) in [5.41, 5.74) is 1.52. The highest BCUT2D eigenvalue weighted by Crippen LogP contribution is 2.63. The highest BCUT2D eigenvalue weighted by Gasteiger charge is 2.58. The summed E-state index contributed by atoms with van der Waals surface area (Å²) in [4.78, 5) is 13.6. The van der Waals surface area contributed by atoms with E-state index in [1.165, 1.54) is 26.4 Å². The molecule has 0 amide bonds. The monoisotopic (exact) mass is 512 g/mol. The Balaban J connectivity index is 1.55. The van der Waals surface area contributed by atoms with Crippen LogP contribution in [-0.2, 0) is 30.3 Å². The Labute approximate surface area is 214 Å². The molecule has 4 aliphatic carbocycles. The van der Waals surface area contributed by atoms with Crippen LogP contribution in [0.1, 0.15) is 49.7 Å². The topological polar surface area (TPSA) is 78.9 Å². The molecule has 0 aromatic heterocycles. The van der Waals surface area contributed by atoms with E-state index in [9.17, 15) is 13.2 Å². The fourth-order valence-electron chi connectivity index (χ4n) is 7.64. The zero-order valence-electron chi connectivity index (χ0n) is 21.3. The molecule has 7 heteroatoms. The predicted octanol–water partition coefficient (Wildman–Crippen LogP) is 5.33. The average Bonchev–Trinajstić information content (AvgIpc) is 2.83. The molecule has 2 unspecified atom stereocenters. The number of esters is 1. The van der Waals surface area contributed by atoms with Crippen LogP contribution in [0.25, 0.3) is 0 Å². The third-order valence-corrected chi connectivity index (χ3v) is 10.1. The van der Waals surface area contributed by atoms with Gasteiger partial charge in [0.1, 0.15) is 5.75 Å². The first-order valence-corrected chi connectivity index (χ1v) is 14.3. The van der Waals surface area contributed by atoms with Gasteiger partial charge in [-0.2, -0.15) is 8.42 Å². The van der Waals surface area contributed by atoms with Crippen molar-refractivity contribution in [3.63, 3.8) is 0 Å². The smallest absolute Gasteiger partial charge is 0.311 e. The van der Waals surface area contributed by atoms with Gasteiger partial charge in [-0.1, -0.05) is 29.8 Å². The molecule has 4 bridgehead atoms. The van der Waals surface area contributed by atoms with E-state index >= 15 is 0 Å². The molecule has 0 N–H and O–H groups in total. The van der Waals surface area contributed by atoms with Crippen molar-refractivity contribution in [2.24, 2.45) is 29.1 Å².